The van der Waals surface area contributed by atoms with Crippen molar-refractivity contribution in [3.8, 4) is 16.3 Å². The van der Waals surface area contributed by atoms with Gasteiger partial charge in [0, 0.05) is 23.9 Å². The van der Waals surface area contributed by atoms with Crippen molar-refractivity contribution in [3.05, 3.63) is 78.0 Å². The minimum absolute atomic E-state index is 0.0489. The van der Waals surface area contributed by atoms with Gasteiger partial charge in [-0.05, 0) is 54.8 Å². The van der Waals surface area contributed by atoms with Gasteiger partial charge in [-0.1, -0.05) is 41.7 Å². The molecule has 3 heterocycles. The number of carbonyl (C=O) groups is 1. The van der Waals surface area contributed by atoms with Crippen LogP contribution in [0.1, 0.15) is 30.5 Å². The second-order valence-electron chi connectivity index (χ2n) is 8.79. The number of thiazole rings is 1. The van der Waals surface area contributed by atoms with Gasteiger partial charge in [0.2, 0.25) is 0 Å². The van der Waals surface area contributed by atoms with Crippen molar-refractivity contribution in [2.75, 3.05) is 6.54 Å². The average molecular weight is 458 g/mol. The summed E-state index contributed by atoms with van der Waals surface area (Å²) in [5.74, 6) is -0.0999. The number of hydrogen-bond acceptors (Lipinski definition) is 6. The zero-order valence-corrected chi connectivity index (χ0v) is 18.7. The number of aliphatic carboxylic acids is 1. The highest BCUT2D eigenvalue weighted by molar-refractivity contribution is 7.21. The first kappa shape index (κ1) is 20.3. The molecule has 0 amide bonds. The molecule has 2 aliphatic rings. The van der Waals surface area contributed by atoms with Crippen molar-refractivity contribution in [2.24, 2.45) is 0 Å². The topological polar surface area (TPSA) is 84.3 Å². The molecule has 6 rings (SSSR count). The number of ether oxygens (including phenoxy) is 1. The van der Waals surface area contributed by atoms with Crippen LogP contribution in [0.5, 0.6) is 5.75 Å². The minimum atomic E-state index is -0.833. The normalized spacial score (nSPS) is 21.2. The van der Waals surface area contributed by atoms with E-state index < -0.39 is 12.0 Å². The SMILES string of the molecule is O=C(O)C1CC(Oc2ccc(-c3nc4ccc(C5(c6ccccc6)CC5)nc4s3)cc2)CN1. The Morgan fingerprint density at radius 3 is 2.52 bits per heavy atom. The Kier molecular flexibility index (Phi) is 4.89. The van der Waals surface area contributed by atoms with Crippen LogP contribution in [0.15, 0.2) is 66.7 Å². The molecule has 166 valence electrons. The Morgan fingerprint density at radius 1 is 1.03 bits per heavy atom. The van der Waals surface area contributed by atoms with Gasteiger partial charge in [-0.3, -0.25) is 4.79 Å². The van der Waals surface area contributed by atoms with Crippen LogP contribution in [0.3, 0.4) is 0 Å². The minimum Gasteiger partial charge on any atom is -0.489 e. The fourth-order valence-corrected chi connectivity index (χ4v) is 5.57. The van der Waals surface area contributed by atoms with Crippen molar-refractivity contribution in [1.82, 2.24) is 15.3 Å². The fourth-order valence-electron chi connectivity index (χ4n) is 4.63. The lowest BCUT2D eigenvalue weighted by molar-refractivity contribution is -0.139. The molecule has 0 radical (unpaired) electrons. The van der Waals surface area contributed by atoms with Gasteiger partial charge in [0.25, 0.3) is 0 Å². The average Bonchev–Trinajstić information content (AvgIpc) is 3.32. The molecular formula is C26H23N3O3S. The highest BCUT2D eigenvalue weighted by Crippen LogP contribution is 2.53. The number of fused-ring (bicyclic) bond motifs is 1. The number of hydrogen-bond donors (Lipinski definition) is 2. The largest absolute Gasteiger partial charge is 0.489 e. The van der Waals surface area contributed by atoms with E-state index in [9.17, 15) is 4.79 Å². The highest BCUT2D eigenvalue weighted by atomic mass is 32.1. The first-order valence-electron chi connectivity index (χ1n) is 11.2. The highest BCUT2D eigenvalue weighted by Gasteiger charge is 2.47. The molecule has 1 saturated carbocycles. The van der Waals surface area contributed by atoms with E-state index in [4.69, 9.17) is 19.8 Å². The predicted octanol–water partition coefficient (Wildman–Crippen LogP) is 4.63. The molecule has 7 heteroatoms. The predicted molar refractivity (Wildman–Crippen MR) is 128 cm³/mol. The van der Waals surface area contributed by atoms with Crippen LogP contribution in [0.25, 0.3) is 20.9 Å². The van der Waals surface area contributed by atoms with E-state index >= 15 is 0 Å². The number of aromatic nitrogens is 2. The number of carboxylic acid groups (broad SMARTS) is 1. The Labute approximate surface area is 195 Å². The quantitative estimate of drug-likeness (QED) is 0.439. The van der Waals surface area contributed by atoms with Gasteiger partial charge in [-0.25, -0.2) is 9.97 Å². The van der Waals surface area contributed by atoms with E-state index in [2.05, 4.69) is 47.8 Å². The van der Waals surface area contributed by atoms with Crippen LogP contribution in [-0.4, -0.2) is 39.7 Å². The van der Waals surface area contributed by atoms with Gasteiger partial charge in [0.1, 0.15) is 33.3 Å². The summed E-state index contributed by atoms with van der Waals surface area (Å²) in [7, 11) is 0. The second kappa shape index (κ2) is 7.93. The third-order valence-electron chi connectivity index (χ3n) is 6.61. The smallest absolute Gasteiger partial charge is 0.320 e. The Balaban J connectivity index is 1.21. The number of pyridine rings is 1. The van der Waals surface area contributed by atoms with E-state index in [-0.39, 0.29) is 11.5 Å². The summed E-state index contributed by atoms with van der Waals surface area (Å²) in [5.41, 5.74) is 4.45. The van der Waals surface area contributed by atoms with Crippen molar-refractivity contribution >= 4 is 27.7 Å². The zero-order chi connectivity index (χ0) is 22.4. The summed E-state index contributed by atoms with van der Waals surface area (Å²) in [6, 6.07) is 22.2. The molecule has 4 aromatic rings. The number of benzene rings is 2. The van der Waals surface area contributed by atoms with Crippen LogP contribution >= 0.6 is 11.3 Å². The van der Waals surface area contributed by atoms with Crippen LogP contribution < -0.4 is 10.1 Å². The van der Waals surface area contributed by atoms with Gasteiger partial charge < -0.3 is 15.2 Å². The van der Waals surface area contributed by atoms with Crippen LogP contribution in [-0.2, 0) is 10.2 Å². The third-order valence-corrected chi connectivity index (χ3v) is 7.63. The Hall–Kier alpha value is -3.29. The molecule has 2 atom stereocenters. The van der Waals surface area contributed by atoms with Gasteiger partial charge in [-0.2, -0.15) is 0 Å². The maximum atomic E-state index is 11.1. The van der Waals surface area contributed by atoms with E-state index in [1.165, 1.54) is 5.56 Å². The zero-order valence-electron chi connectivity index (χ0n) is 17.9. The Bertz CT molecular complexity index is 1320. The van der Waals surface area contributed by atoms with Crippen molar-refractivity contribution in [3.63, 3.8) is 0 Å². The molecule has 0 bridgehead atoms. The number of rotatable bonds is 6. The lowest BCUT2D eigenvalue weighted by Crippen LogP contribution is -2.30. The van der Waals surface area contributed by atoms with E-state index in [0.29, 0.717) is 13.0 Å². The Morgan fingerprint density at radius 2 is 1.82 bits per heavy atom. The molecule has 2 aromatic carbocycles. The number of carboxylic acids is 1. The molecule has 33 heavy (non-hydrogen) atoms. The molecule has 0 spiro atoms. The molecular weight excluding hydrogens is 434 g/mol. The van der Waals surface area contributed by atoms with Gasteiger partial charge in [-0.15, -0.1) is 0 Å². The molecule has 2 unspecified atom stereocenters. The van der Waals surface area contributed by atoms with E-state index in [1.807, 2.05) is 24.3 Å². The summed E-state index contributed by atoms with van der Waals surface area (Å²) in [5, 5.41) is 13.0. The summed E-state index contributed by atoms with van der Waals surface area (Å²) in [6.07, 6.45) is 2.59. The fraction of sp³-hybridized carbons (Fsp3) is 0.269. The van der Waals surface area contributed by atoms with E-state index in [0.717, 1.165) is 45.2 Å². The summed E-state index contributed by atoms with van der Waals surface area (Å²) >= 11 is 1.61. The van der Waals surface area contributed by atoms with Crippen molar-refractivity contribution in [1.29, 1.82) is 0 Å². The van der Waals surface area contributed by atoms with Gasteiger partial charge in [0.15, 0.2) is 0 Å². The van der Waals surface area contributed by atoms with Gasteiger partial charge >= 0.3 is 5.97 Å². The molecule has 2 aromatic heterocycles. The van der Waals surface area contributed by atoms with Gasteiger partial charge in [0.05, 0.1) is 5.69 Å². The third kappa shape index (κ3) is 3.77. The van der Waals surface area contributed by atoms with Crippen LogP contribution in [0, 0.1) is 0 Å². The molecule has 2 fully saturated rings. The molecule has 6 nitrogen and oxygen atoms in total. The first-order chi connectivity index (χ1) is 16.1. The van der Waals surface area contributed by atoms with E-state index in [1.54, 1.807) is 11.3 Å². The lowest BCUT2D eigenvalue weighted by Gasteiger charge is -2.14. The summed E-state index contributed by atoms with van der Waals surface area (Å²) < 4.78 is 5.95. The summed E-state index contributed by atoms with van der Waals surface area (Å²) in [6.45, 7) is 0.537. The maximum Gasteiger partial charge on any atom is 0.320 e. The standard InChI is InChI=1S/C26H23N3O3S/c30-25(31)21-14-19(15-27-21)32-18-8-6-16(7-9-18)23-28-20-10-11-22(29-24(20)33-23)26(12-13-26)17-4-2-1-3-5-17/h1-11,19,21,27H,12-15H2,(H,30,31). The number of nitrogens with one attached hydrogen (secondary N) is 1. The maximum absolute atomic E-state index is 11.1. The van der Waals surface area contributed by atoms with Crippen molar-refractivity contribution < 1.29 is 14.6 Å². The lowest BCUT2D eigenvalue weighted by atomic mass is 9.92. The van der Waals surface area contributed by atoms with Crippen molar-refractivity contribution in [2.45, 2.75) is 36.8 Å². The van der Waals surface area contributed by atoms with Crippen LogP contribution in [0.4, 0.5) is 0 Å². The molecule has 1 saturated heterocycles. The number of nitrogens with zero attached hydrogens (tertiary/aromatic N) is 2. The second-order valence-corrected chi connectivity index (χ2v) is 9.76. The monoisotopic (exact) mass is 457 g/mol. The first-order valence-corrected chi connectivity index (χ1v) is 12.0. The summed E-state index contributed by atoms with van der Waals surface area (Å²) in [4.78, 5) is 21.9. The molecule has 2 N–H and O–H groups in total. The molecule has 1 aliphatic carbocycles. The van der Waals surface area contributed by atoms with Crippen LogP contribution in [0.2, 0.25) is 0 Å². The molecule has 1 aliphatic heterocycles.